The Morgan fingerprint density at radius 3 is 0.969 bits per heavy atom. The summed E-state index contributed by atoms with van der Waals surface area (Å²) in [5.41, 5.74) is -3.91. The van der Waals surface area contributed by atoms with Crippen molar-refractivity contribution < 1.29 is 49.3 Å². The van der Waals surface area contributed by atoms with Gasteiger partial charge in [-0.2, -0.15) is 10.2 Å². The van der Waals surface area contributed by atoms with E-state index in [1.807, 2.05) is 252 Å². The topological polar surface area (TPSA) is 188 Å². The highest BCUT2D eigenvalue weighted by Crippen LogP contribution is 2.77. The van der Waals surface area contributed by atoms with Gasteiger partial charge in [0.25, 0.3) is 0 Å². The first kappa shape index (κ1) is 123. The molecule has 0 aromatic heterocycles. The zero-order chi connectivity index (χ0) is 92.6. The Kier molecular flexibility index (Phi) is 61.9. The lowest BCUT2D eigenvalue weighted by Gasteiger charge is -2.57. The molecule has 1 heterocycles. The van der Waals surface area contributed by atoms with Gasteiger partial charge in [-0.3, -0.25) is 9.59 Å². The van der Waals surface area contributed by atoms with Crippen molar-refractivity contribution in [2.24, 2.45) is 63.0 Å². The maximum atomic E-state index is 13.8. The van der Waals surface area contributed by atoms with Gasteiger partial charge in [0.2, 0.25) is 0 Å². The summed E-state index contributed by atoms with van der Waals surface area (Å²) in [5, 5.41) is 68.2. The Hall–Kier alpha value is 6.90. The van der Waals surface area contributed by atoms with Crippen molar-refractivity contribution in [1.29, 1.82) is 0 Å². The summed E-state index contributed by atoms with van der Waals surface area (Å²) in [4.78, 5) is 26.7. The molecule has 1 aliphatic heterocycles. The molecule has 0 spiro atoms. The van der Waals surface area contributed by atoms with E-state index in [4.69, 9.17) is 59.0 Å². The van der Waals surface area contributed by atoms with Crippen molar-refractivity contribution in [1.82, 2.24) is 0 Å². The molecule has 0 bridgehead atoms. The Bertz CT molecular complexity index is 7070. The van der Waals surface area contributed by atoms with E-state index in [0.717, 1.165) is 22.3 Å². The number of carbonyl (C=O) groups is 2. The van der Waals surface area contributed by atoms with Gasteiger partial charge in [0.05, 0.1) is 35.6 Å². The third-order valence-electron chi connectivity index (χ3n) is 21.1. The number of benzene rings is 3. The fraction of sp³-hybridized carbons (Fsp3) is 0.562. The van der Waals surface area contributed by atoms with Gasteiger partial charge in [0, 0.05) is 553 Å². The summed E-state index contributed by atoms with van der Waals surface area (Å²) in [6.07, 6.45) is 8.81. The molecule has 12 nitrogen and oxygen atoms in total. The Balaban J connectivity index is 0.000000244. The van der Waals surface area contributed by atoms with Crippen molar-refractivity contribution >= 4 is 491 Å². The molecule has 3 fully saturated rings. The van der Waals surface area contributed by atoms with E-state index < -0.39 is 57.0 Å². The number of ether oxygens (including phenoxy) is 3. The second kappa shape index (κ2) is 65.0. The van der Waals surface area contributed by atoms with E-state index in [-0.39, 0.29) is 85.7 Å². The van der Waals surface area contributed by atoms with Crippen LogP contribution < -0.4 is 0 Å². The van der Waals surface area contributed by atoms with Crippen LogP contribution in [-0.2, 0) is 509 Å². The lowest BCUT2D eigenvalue weighted by atomic mass is 9.52. The fourth-order valence-corrected chi connectivity index (χ4v) is 140. The number of aliphatic hydroxyl groups is 5. The molecule has 3 aromatic rings. The summed E-state index contributed by atoms with van der Waals surface area (Å²) >= 11 is 19.1. The standard InChI is InChI=1S/C41H46O5.C22H32N2O5.CH4.S27.S26/c1-6-45-39-24-28(3)40(44)33(35(39)37(39,4)5)23-29(25-38(43)34(40)22-27(2)36(38)42)26-46-41(30-16-10-7-11-17-30,31-18-12-8-13-19-31)32-20-14-9-15-21-32;1-6-29-21-9-13(3)22(28)15(17(21)19(4,5)23-24-21)8-14(11-25)10-20(27)16(22)7-12(2)18(20)26;;1-3-5-7-9-11-13-15-17-19-21-23-25-27-26-24-22-20-18-16-14-12-10-8-6-4-2;1-3-5-7-9-11-13-15-17-19-21-23-25-26-24-22-20-18-16-14-12-10-8-6-4-2/h7-23,28,33-35,43-44H,6,24-26H2,1-5H3;7-8,13,15-17,25,27-28H,6,9-11H2,1-5H3;1H4;;/t28-,33+,34-,35-,38-,39+,40-;13-,15+,16-,17-,20-,21+,22-;;;/m11.../s1. The van der Waals surface area contributed by atoms with Crippen LogP contribution in [0.15, 0.2) is 148 Å². The van der Waals surface area contributed by atoms with Gasteiger partial charge >= 0.3 is 0 Å². The highest BCUT2D eigenvalue weighted by molar-refractivity contribution is 8.81. The van der Waals surface area contributed by atoms with Gasteiger partial charge < -0.3 is 39.7 Å². The van der Waals surface area contributed by atoms with Gasteiger partial charge in [0.1, 0.15) is 16.8 Å². The number of aliphatic hydroxyl groups excluding tert-OH is 1. The highest BCUT2D eigenvalue weighted by atomic mass is 33.5. The van der Waals surface area contributed by atoms with Crippen molar-refractivity contribution in [3.63, 3.8) is 0 Å². The molecule has 0 radical (unpaired) electrons. The first-order chi connectivity index (χ1) is 61.8. The SMILES string of the molecule is C.CCO[C@@]12C[C@@H](C)[C@@]3(O)[C@@H](C=C(CO)C[C@]4(O)C(=O)C(C)=C[C@@H]34)[C@@H]1C(C)(C)N=N2.CCO[C@@]12C[C@@H](C)[C@@]3(O)[C@@H](C=C(COC(c4ccccc4)(c4ccccc4)c4ccccc4)C[C@]4(O)C(=O)C(C)=C[C@@H]34)[C@@H]1C2(C)C.S=S=S=S=S=S=S=S=S=S=S=S=S=S=S=S=S=S=S=S=S=S=S=S=S=S.S=S=S=S=S=S=S=S=S=S=S=S=S=S=S=S=S=S=S=S=S=S=S=S=S=S=S. The van der Waals surface area contributed by atoms with E-state index in [1.54, 1.807) is 269 Å². The van der Waals surface area contributed by atoms with Gasteiger partial charge in [0.15, 0.2) is 17.3 Å². The molecule has 3 aromatic carbocycles. The number of hydrogen-bond donors (Lipinski definition) is 5. The van der Waals surface area contributed by atoms with E-state index in [1.165, 1.54) is 35.5 Å². The molecule has 11 rings (SSSR count). The summed E-state index contributed by atoms with van der Waals surface area (Å²) in [5.74, 6) is -3.76. The first-order valence-corrected chi connectivity index (χ1v) is 104. The van der Waals surface area contributed by atoms with Crippen molar-refractivity contribution in [3.8, 4) is 0 Å². The van der Waals surface area contributed by atoms with Crippen LogP contribution in [0.2, 0.25) is 0 Å². The number of carbonyl (C=O) groups excluding carboxylic acids is 2. The molecule has 0 saturated heterocycles. The van der Waals surface area contributed by atoms with Crippen LogP contribution in [0, 0.1) is 52.8 Å². The van der Waals surface area contributed by atoms with Gasteiger partial charge in [-0.15, -0.1) is 0 Å². The molecule has 726 valence electrons. The molecule has 3 saturated carbocycles. The maximum absolute atomic E-state index is 13.8. The first-order valence-electron chi connectivity index (χ1n) is 35.8. The lowest BCUT2D eigenvalue weighted by Crippen LogP contribution is -2.67. The van der Waals surface area contributed by atoms with Gasteiger partial charge in [-0.05, 0) is 98.8 Å². The van der Waals surface area contributed by atoms with Crippen LogP contribution >= 0.6 is 0 Å². The molecule has 7 aliphatic carbocycles. The minimum absolute atomic E-state index is 0. The molecule has 129 heavy (non-hydrogen) atoms. The fourth-order valence-electron chi connectivity index (χ4n) is 17.0. The van der Waals surface area contributed by atoms with E-state index >= 15 is 0 Å². The van der Waals surface area contributed by atoms with Crippen molar-refractivity contribution in [3.05, 3.63) is 154 Å². The largest absolute Gasteiger partial charge is 0.392 e. The molecule has 5 N–H and O–H groups in total. The monoisotopic (exact) mass is 2730 g/mol. The highest BCUT2D eigenvalue weighted by Gasteiger charge is 2.82. The predicted molar refractivity (Wildman–Crippen MR) is 682 cm³/mol. The number of rotatable bonds is 11. The lowest BCUT2D eigenvalue weighted by molar-refractivity contribution is -0.225. The Labute approximate surface area is 913 Å². The number of ketones is 2. The van der Waals surface area contributed by atoms with Crippen LogP contribution in [0.5, 0.6) is 0 Å². The average molecular weight is 2740 g/mol. The van der Waals surface area contributed by atoms with E-state index in [9.17, 15) is 35.1 Å². The van der Waals surface area contributed by atoms with E-state index in [2.05, 4.69) is 73.5 Å². The number of nitrogens with zero attached hydrogens (tertiary/aromatic N) is 2. The van der Waals surface area contributed by atoms with E-state index in [0.29, 0.717) is 42.8 Å². The van der Waals surface area contributed by atoms with Crippen LogP contribution in [0.3, 0.4) is 0 Å². The molecule has 65 heteroatoms. The quantitative estimate of drug-likeness (QED) is 0.0902. The maximum Gasteiger partial charge on any atom is 0.190 e. The molecular formula is C64H82N2O10S53. The zero-order valence-electron chi connectivity index (χ0n) is 67.1. The minimum atomic E-state index is -1.75. The summed E-state index contributed by atoms with van der Waals surface area (Å²) < 4.78 is 20.0. The molecule has 8 aliphatic rings. The van der Waals surface area contributed by atoms with Crippen LogP contribution in [0.25, 0.3) is 0 Å². The van der Waals surface area contributed by atoms with Crippen LogP contribution in [0.4, 0.5) is 0 Å². The van der Waals surface area contributed by atoms with Crippen molar-refractivity contribution in [2.75, 3.05) is 26.4 Å². The Morgan fingerprint density at radius 2 is 0.674 bits per heavy atom. The van der Waals surface area contributed by atoms with Crippen molar-refractivity contribution in [2.45, 2.75) is 147 Å². The smallest absolute Gasteiger partial charge is 0.190 e. The predicted octanol–water partition coefficient (Wildman–Crippen LogP) is 9.69. The number of Topliss-reactive ketones (excluding diaryl/α,β-unsaturated/α-hetero) is 2. The third-order valence-corrected chi connectivity index (χ3v) is 126. The summed E-state index contributed by atoms with van der Waals surface area (Å²) in [6, 6.07) is 30.7. The minimum Gasteiger partial charge on any atom is -0.392 e. The summed E-state index contributed by atoms with van der Waals surface area (Å²) in [7, 11) is 85.4. The second-order valence-corrected chi connectivity index (χ2v) is 115. The van der Waals surface area contributed by atoms with Gasteiger partial charge in [-0.25, -0.2) is 0 Å². The molecule has 14 atom stereocenters. The third kappa shape index (κ3) is 34.7. The average Bonchev–Trinajstić information content (AvgIpc) is 1.47. The molecule has 0 unspecified atom stereocenters. The van der Waals surface area contributed by atoms with Gasteiger partial charge in [-0.1, -0.05) is 150 Å². The number of azo groups is 1. The molecular weight excluding hydrogens is 2660 g/mol. The normalized spacial score (nSPS) is 26.1. The second-order valence-electron chi connectivity index (χ2n) is 27.9. The Morgan fingerprint density at radius 1 is 0.395 bits per heavy atom. The summed E-state index contributed by atoms with van der Waals surface area (Å²) in [6.45, 7) is 20.7. The van der Waals surface area contributed by atoms with Crippen LogP contribution in [0.1, 0.15) is 119 Å². The zero-order valence-corrected chi connectivity index (χ0v) is 110. The number of hydrogen-bond acceptors (Lipinski definition) is 16. The van der Waals surface area contributed by atoms with Crippen LogP contribution in [-0.4, -0.2) is 103 Å². The number of fused-ring (bicyclic) bond motifs is 10. The molecule has 0 amide bonds.